The molecule has 2 nitrogen and oxygen atoms in total. The molecule has 0 aromatic heterocycles. The van der Waals surface area contributed by atoms with Crippen molar-refractivity contribution < 1.29 is 5.11 Å². The first kappa shape index (κ1) is 11.1. The highest BCUT2D eigenvalue weighted by molar-refractivity contribution is 9.10. The first-order valence-electron chi connectivity index (χ1n) is 5.38. The zero-order valence-corrected chi connectivity index (χ0v) is 10.2. The van der Waals surface area contributed by atoms with Crippen molar-refractivity contribution in [2.75, 3.05) is 19.7 Å². The largest absolute Gasteiger partial charge is 0.396 e. The summed E-state index contributed by atoms with van der Waals surface area (Å²) in [7, 11) is 0. The van der Waals surface area contributed by atoms with Gasteiger partial charge < -0.3 is 10.4 Å². The summed E-state index contributed by atoms with van der Waals surface area (Å²) in [4.78, 5) is 0. The van der Waals surface area contributed by atoms with Gasteiger partial charge in [-0.1, -0.05) is 28.1 Å². The molecule has 1 fully saturated rings. The molecule has 0 bridgehead atoms. The minimum absolute atomic E-state index is 0.294. The maximum Gasteiger partial charge on any atom is 0.0466 e. The molecule has 2 rings (SSSR count). The van der Waals surface area contributed by atoms with Gasteiger partial charge >= 0.3 is 0 Å². The number of benzene rings is 1. The minimum Gasteiger partial charge on any atom is -0.396 e. The van der Waals surface area contributed by atoms with Gasteiger partial charge in [-0.2, -0.15) is 0 Å². The summed E-state index contributed by atoms with van der Waals surface area (Å²) in [6.07, 6.45) is 1.07. The number of nitrogens with one attached hydrogen (secondary N) is 1. The Hall–Kier alpha value is -0.380. The van der Waals surface area contributed by atoms with Gasteiger partial charge in [-0.05, 0) is 36.6 Å². The van der Waals surface area contributed by atoms with Crippen molar-refractivity contribution in [1.29, 1.82) is 0 Å². The van der Waals surface area contributed by atoms with Crippen molar-refractivity contribution in [2.24, 2.45) is 5.92 Å². The van der Waals surface area contributed by atoms with E-state index >= 15 is 0 Å². The number of halogens is 1. The lowest BCUT2D eigenvalue weighted by Gasteiger charge is -2.31. The highest BCUT2D eigenvalue weighted by Gasteiger charge is 2.25. The quantitative estimate of drug-likeness (QED) is 0.863. The third kappa shape index (κ3) is 2.60. The third-order valence-corrected chi connectivity index (χ3v) is 3.69. The zero-order chi connectivity index (χ0) is 10.7. The van der Waals surface area contributed by atoms with Crippen LogP contribution < -0.4 is 5.32 Å². The lowest BCUT2D eigenvalue weighted by atomic mass is 9.82. The summed E-state index contributed by atoms with van der Waals surface area (Å²) >= 11 is 3.44. The van der Waals surface area contributed by atoms with Crippen molar-refractivity contribution >= 4 is 15.9 Å². The summed E-state index contributed by atoms with van der Waals surface area (Å²) < 4.78 is 1.11. The minimum atomic E-state index is 0.294. The van der Waals surface area contributed by atoms with Crippen LogP contribution in [0.15, 0.2) is 28.7 Å². The van der Waals surface area contributed by atoms with Crippen molar-refractivity contribution in [3.63, 3.8) is 0 Å². The van der Waals surface area contributed by atoms with Crippen LogP contribution in [-0.4, -0.2) is 24.8 Å². The van der Waals surface area contributed by atoms with Crippen molar-refractivity contribution in [3.8, 4) is 0 Å². The van der Waals surface area contributed by atoms with E-state index in [1.807, 2.05) is 0 Å². The van der Waals surface area contributed by atoms with Crippen LogP contribution in [0.2, 0.25) is 0 Å². The Bertz CT molecular complexity index is 312. The normalized spacial score (nSPS) is 26.5. The van der Waals surface area contributed by atoms with Gasteiger partial charge in [0.25, 0.3) is 0 Å². The molecular weight excluding hydrogens is 254 g/mol. The molecule has 2 unspecified atom stereocenters. The molecule has 15 heavy (non-hydrogen) atoms. The molecule has 0 aliphatic carbocycles. The van der Waals surface area contributed by atoms with Crippen LogP contribution in [0.1, 0.15) is 17.9 Å². The van der Waals surface area contributed by atoms with Crippen LogP contribution in [0.5, 0.6) is 0 Å². The Kier molecular flexibility index (Phi) is 3.78. The smallest absolute Gasteiger partial charge is 0.0466 e. The molecule has 0 radical (unpaired) electrons. The molecule has 1 aromatic carbocycles. The van der Waals surface area contributed by atoms with Gasteiger partial charge in [0.05, 0.1) is 0 Å². The standard InChI is InChI=1S/C12H16BrNO/c13-11-3-1-9(2-4-11)12-7-14-6-5-10(12)8-15/h1-4,10,12,14-15H,5-8H2. The maximum atomic E-state index is 9.34. The van der Waals surface area contributed by atoms with E-state index in [4.69, 9.17) is 0 Å². The third-order valence-electron chi connectivity index (χ3n) is 3.16. The molecule has 1 saturated heterocycles. The van der Waals surface area contributed by atoms with Gasteiger partial charge in [-0.3, -0.25) is 0 Å². The Balaban J connectivity index is 2.16. The Morgan fingerprint density at radius 2 is 2.07 bits per heavy atom. The second-order valence-electron chi connectivity index (χ2n) is 4.09. The van der Waals surface area contributed by atoms with Crippen molar-refractivity contribution in [1.82, 2.24) is 5.32 Å². The number of rotatable bonds is 2. The van der Waals surface area contributed by atoms with E-state index in [2.05, 4.69) is 45.5 Å². The van der Waals surface area contributed by atoms with E-state index in [-0.39, 0.29) is 0 Å². The van der Waals surface area contributed by atoms with Gasteiger partial charge in [-0.15, -0.1) is 0 Å². The van der Waals surface area contributed by atoms with Gasteiger partial charge in [0.2, 0.25) is 0 Å². The van der Waals surface area contributed by atoms with Crippen LogP contribution in [0.3, 0.4) is 0 Å². The van der Waals surface area contributed by atoms with Crippen LogP contribution in [0, 0.1) is 5.92 Å². The number of aliphatic hydroxyl groups is 1. The fourth-order valence-electron chi connectivity index (χ4n) is 2.23. The number of aliphatic hydroxyl groups excluding tert-OH is 1. The summed E-state index contributed by atoms with van der Waals surface area (Å²) in [6.45, 7) is 2.30. The van der Waals surface area contributed by atoms with Gasteiger partial charge in [0.1, 0.15) is 0 Å². The summed E-state index contributed by atoms with van der Waals surface area (Å²) in [5.41, 5.74) is 1.32. The summed E-state index contributed by atoms with van der Waals surface area (Å²) in [5, 5.41) is 12.7. The van der Waals surface area contributed by atoms with E-state index in [1.165, 1.54) is 5.56 Å². The lowest BCUT2D eigenvalue weighted by Crippen LogP contribution is -2.36. The molecule has 0 spiro atoms. The number of hydrogen-bond donors (Lipinski definition) is 2. The SMILES string of the molecule is OCC1CCNCC1c1ccc(Br)cc1. The second kappa shape index (κ2) is 5.10. The van der Waals surface area contributed by atoms with Crippen molar-refractivity contribution in [3.05, 3.63) is 34.3 Å². The average molecular weight is 270 g/mol. The van der Waals surface area contributed by atoms with E-state index < -0.39 is 0 Å². The van der Waals surface area contributed by atoms with Gasteiger partial charge in [0.15, 0.2) is 0 Å². The molecule has 2 N–H and O–H groups in total. The monoisotopic (exact) mass is 269 g/mol. The Morgan fingerprint density at radius 1 is 1.33 bits per heavy atom. The molecule has 2 atom stereocenters. The molecule has 3 heteroatoms. The van der Waals surface area contributed by atoms with E-state index in [0.29, 0.717) is 18.4 Å². The molecule has 82 valence electrons. The predicted molar refractivity (Wildman–Crippen MR) is 64.9 cm³/mol. The fraction of sp³-hybridized carbons (Fsp3) is 0.500. The number of piperidine rings is 1. The molecular formula is C12H16BrNO. The van der Waals surface area contributed by atoms with Crippen LogP contribution in [0.25, 0.3) is 0 Å². The first-order chi connectivity index (χ1) is 7.31. The van der Waals surface area contributed by atoms with E-state index in [9.17, 15) is 5.11 Å². The van der Waals surface area contributed by atoms with Gasteiger partial charge in [-0.25, -0.2) is 0 Å². The van der Waals surface area contributed by atoms with Crippen molar-refractivity contribution in [2.45, 2.75) is 12.3 Å². The second-order valence-corrected chi connectivity index (χ2v) is 5.01. The first-order valence-corrected chi connectivity index (χ1v) is 6.17. The Labute approximate surface area is 98.8 Å². The van der Waals surface area contributed by atoms with E-state index in [1.54, 1.807) is 0 Å². The number of hydrogen-bond acceptors (Lipinski definition) is 2. The van der Waals surface area contributed by atoms with E-state index in [0.717, 1.165) is 24.0 Å². The summed E-state index contributed by atoms with van der Waals surface area (Å²) in [5.74, 6) is 0.865. The highest BCUT2D eigenvalue weighted by Crippen LogP contribution is 2.29. The zero-order valence-electron chi connectivity index (χ0n) is 8.62. The molecule has 1 heterocycles. The molecule has 1 aromatic rings. The molecule has 0 amide bonds. The fourth-order valence-corrected chi connectivity index (χ4v) is 2.50. The molecule has 1 aliphatic heterocycles. The molecule has 1 aliphatic rings. The highest BCUT2D eigenvalue weighted by atomic mass is 79.9. The van der Waals surface area contributed by atoms with Crippen LogP contribution in [-0.2, 0) is 0 Å². The predicted octanol–water partition coefficient (Wildman–Crippen LogP) is 2.13. The topological polar surface area (TPSA) is 32.3 Å². The summed E-state index contributed by atoms with van der Waals surface area (Å²) in [6, 6.07) is 8.42. The Morgan fingerprint density at radius 3 is 2.73 bits per heavy atom. The lowest BCUT2D eigenvalue weighted by molar-refractivity contribution is 0.176. The molecule has 0 saturated carbocycles. The van der Waals surface area contributed by atoms with Crippen LogP contribution >= 0.6 is 15.9 Å². The van der Waals surface area contributed by atoms with Gasteiger partial charge in [0, 0.05) is 23.5 Å². The maximum absolute atomic E-state index is 9.34. The average Bonchev–Trinajstić information content (AvgIpc) is 2.30. The van der Waals surface area contributed by atoms with Crippen LogP contribution in [0.4, 0.5) is 0 Å².